The summed E-state index contributed by atoms with van der Waals surface area (Å²) in [7, 11) is 0. The average molecular weight is 233 g/mol. The van der Waals surface area contributed by atoms with Gasteiger partial charge < -0.3 is 5.32 Å². The van der Waals surface area contributed by atoms with E-state index in [1.807, 2.05) is 32.0 Å². The molecule has 1 aromatic carbocycles. The third-order valence-electron chi connectivity index (χ3n) is 2.73. The number of hydrogen-bond acceptors (Lipinski definition) is 3. The van der Waals surface area contributed by atoms with Crippen molar-refractivity contribution < 1.29 is 9.59 Å². The quantitative estimate of drug-likeness (QED) is 0.766. The van der Waals surface area contributed by atoms with Crippen LogP contribution in [0.4, 0.5) is 10.5 Å². The van der Waals surface area contributed by atoms with Crippen molar-refractivity contribution in [1.29, 1.82) is 0 Å². The Morgan fingerprint density at radius 3 is 2.82 bits per heavy atom. The van der Waals surface area contributed by atoms with Gasteiger partial charge >= 0.3 is 6.03 Å². The Bertz CT molecular complexity index is 471. The summed E-state index contributed by atoms with van der Waals surface area (Å²) in [6.07, 6.45) is 0. The van der Waals surface area contributed by atoms with Gasteiger partial charge in [-0.25, -0.2) is 9.69 Å². The van der Waals surface area contributed by atoms with E-state index in [0.29, 0.717) is 0 Å². The van der Waals surface area contributed by atoms with Crippen LogP contribution in [0.3, 0.4) is 0 Å². The lowest BCUT2D eigenvalue weighted by molar-refractivity contribution is -0.123. The van der Waals surface area contributed by atoms with Gasteiger partial charge in [-0.05, 0) is 31.0 Å². The van der Waals surface area contributed by atoms with Gasteiger partial charge in [0.25, 0.3) is 0 Å². The van der Waals surface area contributed by atoms with Gasteiger partial charge in [-0.3, -0.25) is 10.1 Å². The zero-order valence-electron chi connectivity index (χ0n) is 9.91. The Labute approximate surface area is 99.8 Å². The predicted octanol–water partition coefficient (Wildman–Crippen LogP) is 1.22. The van der Waals surface area contributed by atoms with Crippen molar-refractivity contribution in [2.75, 3.05) is 18.5 Å². The SMILES string of the molecule is Cc1ccc(C)c(NC(=O)N2CNCC2=O)c1. The van der Waals surface area contributed by atoms with Crippen LogP contribution in [0.2, 0.25) is 0 Å². The summed E-state index contributed by atoms with van der Waals surface area (Å²) in [6, 6.07) is 5.43. The van der Waals surface area contributed by atoms with Crippen molar-refractivity contribution in [3.8, 4) is 0 Å². The lowest BCUT2D eigenvalue weighted by Crippen LogP contribution is -2.37. The molecule has 0 atom stereocenters. The summed E-state index contributed by atoms with van der Waals surface area (Å²) in [5.41, 5.74) is 2.79. The van der Waals surface area contributed by atoms with Crippen LogP contribution in [0.1, 0.15) is 11.1 Å². The van der Waals surface area contributed by atoms with E-state index in [1.54, 1.807) is 0 Å². The molecule has 0 aliphatic carbocycles. The third-order valence-corrected chi connectivity index (χ3v) is 2.73. The second-order valence-corrected chi connectivity index (χ2v) is 4.16. The number of amides is 3. The van der Waals surface area contributed by atoms with Gasteiger partial charge in [0.1, 0.15) is 0 Å². The molecule has 17 heavy (non-hydrogen) atoms. The van der Waals surface area contributed by atoms with Crippen molar-refractivity contribution in [3.05, 3.63) is 29.3 Å². The fraction of sp³-hybridized carbons (Fsp3) is 0.333. The number of urea groups is 1. The Kier molecular flexibility index (Phi) is 3.10. The molecule has 1 aliphatic rings. The molecule has 3 amide bonds. The zero-order valence-corrected chi connectivity index (χ0v) is 9.91. The van der Waals surface area contributed by atoms with Crippen LogP contribution in [0.25, 0.3) is 0 Å². The smallest absolute Gasteiger partial charge is 0.307 e. The fourth-order valence-electron chi connectivity index (χ4n) is 1.70. The molecule has 5 heteroatoms. The van der Waals surface area contributed by atoms with Crippen LogP contribution in [0.15, 0.2) is 18.2 Å². The van der Waals surface area contributed by atoms with Gasteiger partial charge in [0.15, 0.2) is 0 Å². The Morgan fingerprint density at radius 1 is 1.41 bits per heavy atom. The number of hydrogen-bond donors (Lipinski definition) is 2. The van der Waals surface area contributed by atoms with Crippen LogP contribution in [-0.2, 0) is 4.79 Å². The van der Waals surface area contributed by atoms with Gasteiger partial charge in [-0.2, -0.15) is 0 Å². The van der Waals surface area contributed by atoms with E-state index in [-0.39, 0.29) is 25.2 Å². The standard InChI is InChI=1S/C12H15N3O2/c1-8-3-4-9(2)10(5-8)14-12(17)15-7-13-6-11(15)16/h3-5,13H,6-7H2,1-2H3,(H,14,17). The largest absolute Gasteiger partial charge is 0.329 e. The highest BCUT2D eigenvalue weighted by molar-refractivity contribution is 6.03. The first-order valence-corrected chi connectivity index (χ1v) is 5.47. The van der Waals surface area contributed by atoms with E-state index >= 15 is 0 Å². The Balaban J connectivity index is 2.12. The van der Waals surface area contributed by atoms with Crippen LogP contribution in [-0.4, -0.2) is 30.1 Å². The molecule has 90 valence electrons. The number of imide groups is 1. The van der Waals surface area contributed by atoms with Crippen molar-refractivity contribution in [2.24, 2.45) is 0 Å². The molecule has 1 aromatic rings. The highest BCUT2D eigenvalue weighted by Gasteiger charge is 2.26. The predicted molar refractivity (Wildman–Crippen MR) is 64.7 cm³/mol. The van der Waals surface area contributed by atoms with Gasteiger partial charge in [0.2, 0.25) is 5.91 Å². The molecule has 1 aliphatic heterocycles. The first-order valence-electron chi connectivity index (χ1n) is 5.47. The summed E-state index contributed by atoms with van der Waals surface area (Å²) < 4.78 is 0. The maximum Gasteiger partial charge on any atom is 0.329 e. The van der Waals surface area contributed by atoms with E-state index in [2.05, 4.69) is 10.6 Å². The van der Waals surface area contributed by atoms with E-state index in [4.69, 9.17) is 0 Å². The monoisotopic (exact) mass is 233 g/mol. The summed E-state index contributed by atoms with van der Waals surface area (Å²) in [6.45, 7) is 4.37. The molecule has 0 radical (unpaired) electrons. The van der Waals surface area contributed by atoms with Gasteiger partial charge in [-0.1, -0.05) is 12.1 Å². The number of carbonyl (C=O) groups is 2. The summed E-state index contributed by atoms with van der Waals surface area (Å²) in [5, 5.41) is 5.58. The zero-order chi connectivity index (χ0) is 12.4. The second kappa shape index (κ2) is 4.55. The number of carbonyl (C=O) groups excluding carboxylic acids is 2. The molecule has 2 N–H and O–H groups in total. The molecule has 2 rings (SSSR count). The van der Waals surface area contributed by atoms with Crippen LogP contribution >= 0.6 is 0 Å². The molecule has 0 unspecified atom stereocenters. The van der Waals surface area contributed by atoms with Crippen LogP contribution in [0, 0.1) is 13.8 Å². The topological polar surface area (TPSA) is 61.4 Å². The lowest BCUT2D eigenvalue weighted by Gasteiger charge is -2.15. The minimum Gasteiger partial charge on any atom is -0.307 e. The van der Waals surface area contributed by atoms with Crippen molar-refractivity contribution in [3.63, 3.8) is 0 Å². The molecule has 1 fully saturated rings. The Morgan fingerprint density at radius 2 is 2.18 bits per heavy atom. The summed E-state index contributed by atoms with van der Waals surface area (Å²) >= 11 is 0. The molecule has 5 nitrogen and oxygen atoms in total. The molecule has 0 aromatic heterocycles. The average Bonchev–Trinajstić information content (AvgIpc) is 2.70. The second-order valence-electron chi connectivity index (χ2n) is 4.16. The summed E-state index contributed by atoms with van der Waals surface area (Å²) in [4.78, 5) is 24.4. The van der Waals surface area contributed by atoms with Crippen molar-refractivity contribution >= 4 is 17.6 Å². The molecule has 0 spiro atoms. The number of aryl methyl sites for hydroxylation is 2. The lowest BCUT2D eigenvalue weighted by atomic mass is 10.1. The molecule has 0 bridgehead atoms. The van der Waals surface area contributed by atoms with E-state index in [0.717, 1.165) is 16.8 Å². The number of rotatable bonds is 1. The highest BCUT2D eigenvalue weighted by Crippen LogP contribution is 2.17. The number of nitrogens with zero attached hydrogens (tertiary/aromatic N) is 1. The highest BCUT2D eigenvalue weighted by atomic mass is 16.2. The van der Waals surface area contributed by atoms with Crippen LogP contribution in [0.5, 0.6) is 0 Å². The van der Waals surface area contributed by atoms with Crippen molar-refractivity contribution in [2.45, 2.75) is 13.8 Å². The third kappa shape index (κ3) is 2.45. The van der Waals surface area contributed by atoms with Crippen molar-refractivity contribution in [1.82, 2.24) is 10.2 Å². The minimum absolute atomic E-state index is 0.201. The first kappa shape index (κ1) is 11.6. The normalized spacial score (nSPS) is 15.2. The maximum absolute atomic E-state index is 11.8. The van der Waals surface area contributed by atoms with Gasteiger partial charge in [-0.15, -0.1) is 0 Å². The van der Waals surface area contributed by atoms with Gasteiger partial charge in [0, 0.05) is 5.69 Å². The molecule has 1 heterocycles. The van der Waals surface area contributed by atoms with E-state index in [9.17, 15) is 9.59 Å². The molecular weight excluding hydrogens is 218 g/mol. The molecular formula is C12H15N3O2. The number of anilines is 1. The summed E-state index contributed by atoms with van der Waals surface area (Å²) in [5.74, 6) is -0.201. The fourth-order valence-corrected chi connectivity index (χ4v) is 1.70. The first-order chi connectivity index (χ1) is 8.08. The van der Waals surface area contributed by atoms with E-state index < -0.39 is 0 Å². The van der Waals surface area contributed by atoms with E-state index in [1.165, 1.54) is 4.90 Å². The number of benzene rings is 1. The molecule has 0 saturated carbocycles. The number of nitrogens with one attached hydrogen (secondary N) is 2. The maximum atomic E-state index is 11.8. The Hall–Kier alpha value is -1.88. The van der Waals surface area contributed by atoms with Gasteiger partial charge in [0.05, 0.1) is 13.2 Å². The van der Waals surface area contributed by atoms with Crippen LogP contribution < -0.4 is 10.6 Å². The molecule has 1 saturated heterocycles. The minimum atomic E-state index is -0.381.